The second-order valence-electron chi connectivity index (χ2n) is 6.67. The first-order valence-electron chi connectivity index (χ1n) is 8.90. The zero-order valence-electron chi connectivity index (χ0n) is 16.2. The molecule has 3 aromatic rings. The summed E-state index contributed by atoms with van der Waals surface area (Å²) in [7, 11) is -6.31. The maximum Gasteiger partial charge on any atom is 0.521 e. The van der Waals surface area contributed by atoms with E-state index in [0.29, 0.717) is 0 Å². The van der Waals surface area contributed by atoms with Crippen LogP contribution in [0.4, 0.5) is 0 Å². The van der Waals surface area contributed by atoms with E-state index in [2.05, 4.69) is 30.8 Å². The molecule has 2 N–H and O–H groups in total. The van der Waals surface area contributed by atoms with Crippen LogP contribution in [0.15, 0.2) is 31.0 Å². The Kier molecular flexibility index (Phi) is 6.75. The maximum absolute atomic E-state index is 12.0. The lowest BCUT2D eigenvalue weighted by Crippen LogP contribution is -2.64. The molecule has 4 rings (SSSR count). The van der Waals surface area contributed by atoms with Gasteiger partial charge in [0.2, 0.25) is 10.0 Å². The number of nitriles is 1. The van der Waals surface area contributed by atoms with E-state index in [1.807, 2.05) is 12.3 Å². The average molecular weight is 469 g/mol. The fraction of sp³-hybridized carbons (Fsp3) is 0.375. The molecule has 1 saturated heterocycles. The minimum Gasteiger partial charge on any atom is -0.565 e. The predicted molar refractivity (Wildman–Crippen MR) is 108 cm³/mol. The molecule has 31 heavy (non-hydrogen) atoms. The molecule has 1 unspecified atom stereocenters. The zero-order chi connectivity index (χ0) is 22.6. The molecule has 4 heterocycles. The molecular weight excluding hydrogens is 449 g/mol. The second kappa shape index (κ2) is 9.15. The molecule has 0 aliphatic carbocycles. The van der Waals surface area contributed by atoms with E-state index in [1.54, 1.807) is 24.0 Å². The van der Waals surface area contributed by atoms with Gasteiger partial charge in [0.15, 0.2) is 0 Å². The van der Waals surface area contributed by atoms with Crippen molar-refractivity contribution < 1.29 is 29.2 Å². The summed E-state index contributed by atoms with van der Waals surface area (Å²) in [5.74, 6) is 0.0480. The van der Waals surface area contributed by atoms with Crippen LogP contribution in [0.1, 0.15) is 14.8 Å². The van der Waals surface area contributed by atoms with E-state index in [0.717, 1.165) is 22.3 Å². The van der Waals surface area contributed by atoms with E-state index >= 15 is 0 Å². The molecule has 13 nitrogen and oxygen atoms in total. The maximum atomic E-state index is 12.0. The van der Waals surface area contributed by atoms with E-state index in [9.17, 15) is 13.7 Å². The zero-order valence-corrected chi connectivity index (χ0v) is 18.0. The van der Waals surface area contributed by atoms with Gasteiger partial charge in [-0.3, -0.25) is 4.68 Å². The van der Waals surface area contributed by atoms with Gasteiger partial charge < -0.3 is 9.88 Å². The Morgan fingerprint density at radius 1 is 1.48 bits per heavy atom. The van der Waals surface area contributed by atoms with Gasteiger partial charge in [-0.05, 0) is 17.6 Å². The molecular formula is C16H20N7O6PS. The van der Waals surface area contributed by atoms with Crippen LogP contribution in [0.2, 0.25) is 0 Å². The summed E-state index contributed by atoms with van der Waals surface area (Å²) < 4.78 is 38.8. The molecule has 1 aliphatic rings. The minimum absolute atomic E-state index is 0. The molecule has 0 spiro atoms. The summed E-state index contributed by atoms with van der Waals surface area (Å²) in [6, 6.07) is 4.06. The number of hydrogen-bond acceptors (Lipinski definition) is 10. The monoisotopic (exact) mass is 469 g/mol. The smallest absolute Gasteiger partial charge is 0.521 e. The highest BCUT2D eigenvalue weighted by atomic mass is 32.2. The average Bonchev–Trinajstić information content (AvgIpc) is 3.40. The molecule has 1 atom stereocenters. The van der Waals surface area contributed by atoms with E-state index in [1.165, 1.54) is 10.6 Å². The summed E-state index contributed by atoms with van der Waals surface area (Å²) in [4.78, 5) is 20.5. The molecule has 0 radical (unpaired) electrons. The Morgan fingerprint density at radius 3 is 2.81 bits per heavy atom. The molecule has 0 saturated carbocycles. The summed E-state index contributed by atoms with van der Waals surface area (Å²) in [6.07, 6.45) is 6.97. The fourth-order valence-corrected chi connectivity index (χ4v) is 4.52. The lowest BCUT2D eigenvalue weighted by Gasteiger charge is -2.47. The summed E-state index contributed by atoms with van der Waals surface area (Å²) in [5, 5.41) is 21.6. The molecule has 1 aliphatic heterocycles. The van der Waals surface area contributed by atoms with E-state index in [4.69, 9.17) is 14.7 Å². The first-order chi connectivity index (χ1) is 14.8. The summed E-state index contributed by atoms with van der Waals surface area (Å²) >= 11 is 0. The van der Waals surface area contributed by atoms with Gasteiger partial charge in [-0.2, -0.15) is 14.7 Å². The summed E-state index contributed by atoms with van der Waals surface area (Å²) in [6.45, 7) is 2.12. The van der Waals surface area contributed by atoms with Crippen molar-refractivity contribution in [1.82, 2.24) is 29.0 Å². The Balaban J connectivity index is 0.000000548. The molecule has 0 bridgehead atoms. The van der Waals surface area contributed by atoms with Crippen LogP contribution in [-0.2, 0) is 24.8 Å². The van der Waals surface area contributed by atoms with Crippen LogP contribution in [0.3, 0.4) is 0 Å². The number of nitrogens with zero attached hydrogens (tertiary/aromatic N) is 6. The predicted octanol–water partition coefficient (Wildman–Crippen LogP) is 0.835. The van der Waals surface area contributed by atoms with Crippen molar-refractivity contribution in [1.29, 1.82) is 5.26 Å². The highest BCUT2D eigenvalue weighted by Gasteiger charge is 2.49. The van der Waals surface area contributed by atoms with E-state index in [-0.39, 0.29) is 26.7 Å². The number of nitrogens with one attached hydrogen (secondary N) is 1. The first kappa shape index (κ1) is 22.9. The number of fused-ring (bicyclic) bond motifs is 1. The fourth-order valence-electron chi connectivity index (χ4n) is 3.28. The van der Waals surface area contributed by atoms with Gasteiger partial charge in [-0.15, -0.1) is 0 Å². The number of aromatic nitrogens is 5. The normalized spacial score (nSPS) is 16.1. The minimum atomic E-state index is -3.27. The van der Waals surface area contributed by atoms with Crippen molar-refractivity contribution in [2.45, 2.75) is 18.9 Å². The van der Waals surface area contributed by atoms with Crippen LogP contribution in [-0.4, -0.2) is 61.6 Å². The number of rotatable bonds is 6. The van der Waals surface area contributed by atoms with Crippen LogP contribution in [0, 0.1) is 11.3 Å². The standard InChI is InChI=1S/C16H17N7O2S.HO4P.H2/c1-2-26(24,25)22-9-16(10-22,4-5-17)23-8-12(7-21-23)14-13-3-6-18-15(13)20-11-19-14;1-4-5(2)3;/h3,6-8,11H,2,4,9-10H2,1H3,(H,18,19,20);1H;1H. The Hall–Kier alpha value is -2.79. The van der Waals surface area contributed by atoms with Crippen molar-refractivity contribution in [3.05, 3.63) is 31.0 Å². The van der Waals surface area contributed by atoms with Crippen molar-refractivity contribution in [2.75, 3.05) is 18.8 Å². The molecule has 0 aromatic carbocycles. The van der Waals surface area contributed by atoms with Crippen molar-refractivity contribution >= 4 is 29.3 Å². The van der Waals surface area contributed by atoms with Gasteiger partial charge in [0.05, 0.1) is 30.1 Å². The SMILES string of the molecule is CCS(=O)(=O)N1CC(CC#N)(n2cc(-c3ncnc4[nH]ccc34)cn2)C1.O=[P+]([O-])OO.[HH]. The molecule has 3 aromatic heterocycles. The third-order valence-electron chi connectivity index (χ3n) is 4.87. The van der Waals surface area contributed by atoms with E-state index < -0.39 is 23.8 Å². The quantitative estimate of drug-likeness (QED) is 0.297. The lowest BCUT2D eigenvalue weighted by atomic mass is 9.89. The molecule has 15 heteroatoms. The lowest BCUT2D eigenvalue weighted by molar-refractivity contribution is -0.244. The van der Waals surface area contributed by atoms with Crippen LogP contribution >= 0.6 is 8.25 Å². The molecule has 166 valence electrons. The van der Waals surface area contributed by atoms with Gasteiger partial charge in [0.25, 0.3) is 0 Å². The molecule has 1 fully saturated rings. The Labute approximate surface area is 179 Å². The Bertz CT molecular complexity index is 1230. The largest absolute Gasteiger partial charge is 0.565 e. The van der Waals surface area contributed by atoms with Crippen molar-refractivity contribution in [3.63, 3.8) is 0 Å². The number of sulfonamides is 1. The molecule has 0 amide bonds. The topological polar surface area (TPSA) is 190 Å². The van der Waals surface area contributed by atoms with Gasteiger partial charge in [-0.1, -0.05) is 0 Å². The second-order valence-corrected chi connectivity index (χ2v) is 9.54. The first-order valence-corrected chi connectivity index (χ1v) is 11.6. The van der Waals surface area contributed by atoms with Crippen LogP contribution in [0.5, 0.6) is 0 Å². The van der Waals surface area contributed by atoms with Crippen LogP contribution < -0.4 is 4.89 Å². The van der Waals surface area contributed by atoms with Crippen molar-refractivity contribution in [2.24, 2.45) is 0 Å². The van der Waals surface area contributed by atoms with Gasteiger partial charge in [0.1, 0.15) is 17.5 Å². The third kappa shape index (κ3) is 4.62. The Morgan fingerprint density at radius 2 is 2.19 bits per heavy atom. The summed E-state index contributed by atoms with van der Waals surface area (Å²) in [5.41, 5.74) is 1.64. The number of H-pyrrole nitrogens is 1. The van der Waals surface area contributed by atoms with Crippen molar-refractivity contribution in [3.8, 4) is 17.3 Å². The third-order valence-corrected chi connectivity index (χ3v) is 6.78. The van der Waals surface area contributed by atoms with Gasteiger partial charge >= 0.3 is 8.25 Å². The van der Waals surface area contributed by atoms with Crippen LogP contribution in [0.25, 0.3) is 22.3 Å². The van der Waals surface area contributed by atoms with Gasteiger partial charge in [0, 0.05) is 42.5 Å². The number of hydrogen-bond donors (Lipinski definition) is 2. The highest BCUT2D eigenvalue weighted by Crippen LogP contribution is 2.35. The highest BCUT2D eigenvalue weighted by molar-refractivity contribution is 7.89. The number of aromatic amines is 1. The van der Waals surface area contributed by atoms with Gasteiger partial charge in [-0.25, -0.2) is 23.6 Å².